The van der Waals surface area contributed by atoms with E-state index in [0.717, 1.165) is 48.2 Å². The number of carbonyl (C=O) groups excluding carboxylic acids is 2. The molecule has 182 valence electrons. The Morgan fingerprint density at radius 2 is 1.66 bits per heavy atom. The molecule has 5 rings (SSSR count). The highest BCUT2D eigenvalue weighted by atomic mass is 16.5. The predicted molar refractivity (Wildman–Crippen MR) is 135 cm³/mol. The molecule has 0 spiro atoms. The summed E-state index contributed by atoms with van der Waals surface area (Å²) in [6, 6.07) is 17.8. The van der Waals surface area contributed by atoms with Crippen LogP contribution in [0.3, 0.4) is 0 Å². The third kappa shape index (κ3) is 4.64. The zero-order chi connectivity index (χ0) is 24.4. The van der Waals surface area contributed by atoms with Crippen LogP contribution >= 0.6 is 0 Å². The number of fused-ring (bicyclic) bond motifs is 1. The van der Waals surface area contributed by atoms with Gasteiger partial charge in [0.15, 0.2) is 0 Å². The van der Waals surface area contributed by atoms with Crippen LogP contribution < -0.4 is 10.1 Å². The molecule has 3 unspecified atom stereocenters. The Labute approximate surface area is 207 Å². The van der Waals surface area contributed by atoms with E-state index < -0.39 is 11.8 Å². The van der Waals surface area contributed by atoms with Gasteiger partial charge in [0, 0.05) is 35.2 Å². The van der Waals surface area contributed by atoms with Gasteiger partial charge in [-0.3, -0.25) is 4.79 Å². The average Bonchev–Trinajstić information content (AvgIpc) is 2.88. The van der Waals surface area contributed by atoms with Gasteiger partial charge in [-0.15, -0.1) is 0 Å². The third-order valence-corrected chi connectivity index (χ3v) is 7.61. The summed E-state index contributed by atoms with van der Waals surface area (Å²) in [5, 5.41) is 3.43. The molecule has 2 aliphatic carbocycles. The smallest absolute Gasteiger partial charge is 0.336 e. The molecule has 1 saturated carbocycles. The van der Waals surface area contributed by atoms with Gasteiger partial charge in [0.1, 0.15) is 17.6 Å². The SMILES string of the molecule is COc1ccccc1C1C(C(=O)OC2CCCCC2)=C(C)NC2=CC(c3ccccc3)CC(=O)C21. The molecule has 1 fully saturated rings. The molecule has 1 N–H and O–H groups in total. The van der Waals surface area contributed by atoms with E-state index in [1.54, 1.807) is 7.11 Å². The third-order valence-electron chi connectivity index (χ3n) is 7.61. The summed E-state index contributed by atoms with van der Waals surface area (Å²) < 4.78 is 11.7. The number of para-hydroxylation sites is 1. The second-order valence-electron chi connectivity index (χ2n) is 9.84. The van der Waals surface area contributed by atoms with Crippen molar-refractivity contribution in [2.75, 3.05) is 7.11 Å². The van der Waals surface area contributed by atoms with Gasteiger partial charge < -0.3 is 14.8 Å². The molecule has 0 aromatic heterocycles. The highest BCUT2D eigenvalue weighted by Crippen LogP contribution is 2.48. The van der Waals surface area contributed by atoms with E-state index in [9.17, 15) is 9.59 Å². The lowest BCUT2D eigenvalue weighted by atomic mass is 9.68. The van der Waals surface area contributed by atoms with Crippen LogP contribution in [0.1, 0.15) is 68.4 Å². The number of methoxy groups -OCH3 is 1. The Balaban J connectivity index is 1.58. The van der Waals surface area contributed by atoms with Crippen molar-refractivity contribution in [1.29, 1.82) is 0 Å². The summed E-state index contributed by atoms with van der Waals surface area (Å²) in [5.74, 6) is -0.468. The maximum Gasteiger partial charge on any atom is 0.336 e. The number of nitrogens with one attached hydrogen (secondary N) is 1. The predicted octanol–water partition coefficient (Wildman–Crippen LogP) is 5.79. The number of Topliss-reactive ketones (excluding diaryl/α,β-unsaturated/α-hetero) is 1. The van der Waals surface area contributed by atoms with Gasteiger partial charge >= 0.3 is 5.97 Å². The second-order valence-corrected chi connectivity index (χ2v) is 9.84. The molecule has 3 aliphatic rings. The number of carbonyl (C=O) groups is 2. The van der Waals surface area contributed by atoms with Gasteiger partial charge in [-0.25, -0.2) is 4.79 Å². The molecule has 5 heteroatoms. The standard InChI is InChI=1S/C30H33NO4/c1-19-27(30(33)35-22-13-7-4-8-14-22)28(23-15-9-10-16-26(23)34-2)29-24(31-19)17-21(18-25(29)32)20-11-5-3-6-12-20/h3,5-6,9-12,15-17,21-22,28-29,31H,4,7-8,13-14,18H2,1-2H3. The normalized spacial score (nSPS) is 24.8. The molecule has 0 bridgehead atoms. The molecule has 2 aromatic rings. The Hall–Kier alpha value is -3.34. The van der Waals surface area contributed by atoms with Crippen molar-refractivity contribution < 1.29 is 19.1 Å². The van der Waals surface area contributed by atoms with Crippen molar-refractivity contribution in [2.24, 2.45) is 5.92 Å². The molecule has 0 radical (unpaired) electrons. The van der Waals surface area contributed by atoms with Gasteiger partial charge in [-0.1, -0.05) is 61.0 Å². The lowest BCUT2D eigenvalue weighted by Gasteiger charge is -2.40. The van der Waals surface area contributed by atoms with Crippen LogP contribution in [0, 0.1) is 5.92 Å². The Morgan fingerprint density at radius 1 is 0.943 bits per heavy atom. The van der Waals surface area contributed by atoms with Crippen molar-refractivity contribution >= 4 is 11.8 Å². The van der Waals surface area contributed by atoms with E-state index in [-0.39, 0.29) is 23.8 Å². The monoisotopic (exact) mass is 471 g/mol. The van der Waals surface area contributed by atoms with E-state index in [2.05, 4.69) is 23.5 Å². The summed E-state index contributed by atoms with van der Waals surface area (Å²) in [4.78, 5) is 27.4. The molecule has 1 aliphatic heterocycles. The maximum atomic E-state index is 13.8. The number of hydrogen-bond donors (Lipinski definition) is 1. The van der Waals surface area contributed by atoms with E-state index in [1.807, 2.05) is 49.4 Å². The van der Waals surface area contributed by atoms with E-state index in [1.165, 1.54) is 6.42 Å². The molecule has 0 saturated heterocycles. The molecular formula is C30H33NO4. The van der Waals surface area contributed by atoms with Gasteiger partial charge in [-0.2, -0.15) is 0 Å². The number of esters is 1. The molecule has 1 heterocycles. The van der Waals surface area contributed by atoms with Crippen LogP contribution in [0.15, 0.2) is 77.6 Å². The van der Waals surface area contributed by atoms with Gasteiger partial charge in [0.05, 0.1) is 18.6 Å². The van der Waals surface area contributed by atoms with Crippen molar-refractivity contribution in [3.8, 4) is 5.75 Å². The van der Waals surface area contributed by atoms with E-state index in [0.29, 0.717) is 17.7 Å². The minimum absolute atomic E-state index is 0.00399. The quantitative estimate of drug-likeness (QED) is 0.559. The van der Waals surface area contributed by atoms with E-state index >= 15 is 0 Å². The molecule has 3 atom stereocenters. The minimum atomic E-state index is -0.483. The van der Waals surface area contributed by atoms with Crippen molar-refractivity contribution in [3.63, 3.8) is 0 Å². The first-order valence-electron chi connectivity index (χ1n) is 12.7. The number of ether oxygens (including phenoxy) is 2. The first kappa shape index (κ1) is 23.4. The number of allylic oxidation sites excluding steroid dienone is 3. The Morgan fingerprint density at radius 3 is 2.40 bits per heavy atom. The number of rotatable bonds is 5. The Bertz CT molecular complexity index is 1160. The largest absolute Gasteiger partial charge is 0.496 e. The summed E-state index contributed by atoms with van der Waals surface area (Å²) in [5.41, 5.74) is 4.10. The minimum Gasteiger partial charge on any atom is -0.496 e. The average molecular weight is 472 g/mol. The van der Waals surface area contributed by atoms with Crippen molar-refractivity contribution in [1.82, 2.24) is 5.32 Å². The first-order chi connectivity index (χ1) is 17.1. The number of ketones is 1. The van der Waals surface area contributed by atoms with Crippen molar-refractivity contribution in [2.45, 2.75) is 63.4 Å². The zero-order valence-electron chi connectivity index (χ0n) is 20.5. The lowest BCUT2D eigenvalue weighted by Crippen LogP contribution is -2.42. The van der Waals surface area contributed by atoms with Gasteiger partial charge in [-0.05, 0) is 44.2 Å². The molecular weight excluding hydrogens is 438 g/mol. The molecule has 0 amide bonds. The van der Waals surface area contributed by atoms with Crippen LogP contribution in [0.4, 0.5) is 0 Å². The fourth-order valence-corrected chi connectivity index (χ4v) is 5.92. The zero-order valence-corrected chi connectivity index (χ0v) is 20.5. The first-order valence-corrected chi connectivity index (χ1v) is 12.7. The van der Waals surface area contributed by atoms with Crippen LogP contribution in [-0.2, 0) is 14.3 Å². The summed E-state index contributed by atoms with van der Waals surface area (Å²) >= 11 is 0. The summed E-state index contributed by atoms with van der Waals surface area (Å²) in [6.07, 6.45) is 7.66. The molecule has 2 aromatic carbocycles. The second kappa shape index (κ2) is 10.1. The topological polar surface area (TPSA) is 64.6 Å². The molecule has 5 nitrogen and oxygen atoms in total. The van der Waals surface area contributed by atoms with Crippen LogP contribution in [0.25, 0.3) is 0 Å². The van der Waals surface area contributed by atoms with Crippen LogP contribution in [0.5, 0.6) is 5.75 Å². The Kier molecular flexibility index (Phi) is 6.76. The lowest BCUT2D eigenvalue weighted by molar-refractivity contribution is -0.146. The number of benzene rings is 2. The summed E-state index contributed by atoms with van der Waals surface area (Å²) in [6.45, 7) is 1.91. The van der Waals surface area contributed by atoms with Crippen molar-refractivity contribution in [3.05, 3.63) is 88.8 Å². The van der Waals surface area contributed by atoms with Gasteiger partial charge in [0.2, 0.25) is 0 Å². The van der Waals surface area contributed by atoms with Crippen LogP contribution in [0.2, 0.25) is 0 Å². The highest BCUT2D eigenvalue weighted by Gasteiger charge is 2.46. The fourth-order valence-electron chi connectivity index (χ4n) is 5.92. The van der Waals surface area contributed by atoms with Gasteiger partial charge in [0.25, 0.3) is 0 Å². The summed E-state index contributed by atoms with van der Waals surface area (Å²) in [7, 11) is 1.63. The van der Waals surface area contributed by atoms with E-state index in [4.69, 9.17) is 9.47 Å². The highest BCUT2D eigenvalue weighted by molar-refractivity contribution is 5.96. The fraction of sp³-hybridized carbons (Fsp3) is 0.400. The number of hydrogen-bond acceptors (Lipinski definition) is 5. The molecule has 35 heavy (non-hydrogen) atoms. The maximum absolute atomic E-state index is 13.8. The van der Waals surface area contributed by atoms with Crippen LogP contribution in [-0.4, -0.2) is 25.0 Å².